The lowest BCUT2D eigenvalue weighted by molar-refractivity contribution is 0.118. The lowest BCUT2D eigenvalue weighted by Crippen LogP contribution is -2.45. The molecule has 3 heteroatoms. The molecule has 1 atom stereocenters. The van der Waals surface area contributed by atoms with Crippen molar-refractivity contribution < 1.29 is 4.74 Å². The Balaban J connectivity index is 1.31. The Morgan fingerprint density at radius 2 is 1.53 bits per heavy atom. The van der Waals surface area contributed by atoms with Crippen LogP contribution in [0.1, 0.15) is 76.3 Å². The molecule has 1 unspecified atom stereocenters. The molecular formula is C27H38N2O. The van der Waals surface area contributed by atoms with Crippen molar-refractivity contribution in [3.63, 3.8) is 0 Å². The topological polar surface area (TPSA) is 24.5 Å². The molecule has 0 spiro atoms. The van der Waals surface area contributed by atoms with E-state index >= 15 is 0 Å². The molecule has 0 aromatic heterocycles. The fraction of sp³-hybridized carbons (Fsp3) is 0.556. The van der Waals surface area contributed by atoms with Gasteiger partial charge in [-0.25, -0.2) is 0 Å². The van der Waals surface area contributed by atoms with Crippen LogP contribution in [0.5, 0.6) is 11.5 Å². The van der Waals surface area contributed by atoms with Gasteiger partial charge in [-0.15, -0.1) is 0 Å². The number of likely N-dealkylation sites (tertiary alicyclic amines) is 1. The lowest BCUT2D eigenvalue weighted by atomic mass is 9.88. The van der Waals surface area contributed by atoms with Crippen LogP contribution in [0, 0.1) is 0 Å². The van der Waals surface area contributed by atoms with Crippen LogP contribution in [-0.2, 0) is 0 Å². The summed E-state index contributed by atoms with van der Waals surface area (Å²) in [6.07, 6.45) is 12.0. The largest absolute Gasteiger partial charge is 0.457 e. The van der Waals surface area contributed by atoms with Gasteiger partial charge in [0.1, 0.15) is 11.5 Å². The van der Waals surface area contributed by atoms with Crippen molar-refractivity contribution >= 4 is 0 Å². The zero-order valence-corrected chi connectivity index (χ0v) is 18.6. The van der Waals surface area contributed by atoms with E-state index in [0.717, 1.165) is 17.5 Å². The van der Waals surface area contributed by atoms with E-state index in [2.05, 4.69) is 41.4 Å². The standard InChI is InChI=1S/C27H38N2O/c1-2-9-27(22-12-18-26(19-13-22)30-25-10-5-3-6-11-25)28-23-14-16-24(17-15-23)29-20-7-4-8-21-29/h3,5-6,10-13,18-19,23-24,27-28H,2,4,7-9,14-17,20-21H2,1H3. The molecule has 2 aliphatic rings. The van der Waals surface area contributed by atoms with Gasteiger partial charge < -0.3 is 15.0 Å². The molecular weight excluding hydrogens is 368 g/mol. The second-order valence-electron chi connectivity index (χ2n) is 9.09. The number of nitrogens with zero attached hydrogens (tertiary/aromatic N) is 1. The Morgan fingerprint density at radius 3 is 2.20 bits per heavy atom. The van der Waals surface area contributed by atoms with Crippen LogP contribution in [0.2, 0.25) is 0 Å². The van der Waals surface area contributed by atoms with Gasteiger partial charge in [-0.05, 0) is 87.9 Å². The SMILES string of the molecule is CCCC(NC1CCC(N2CCCCC2)CC1)c1ccc(Oc2ccccc2)cc1. The van der Waals surface area contributed by atoms with Crippen molar-refractivity contribution in [2.45, 2.75) is 82.8 Å². The minimum Gasteiger partial charge on any atom is -0.457 e. The van der Waals surface area contributed by atoms with Gasteiger partial charge in [-0.2, -0.15) is 0 Å². The minimum atomic E-state index is 0.442. The second-order valence-corrected chi connectivity index (χ2v) is 9.09. The normalized spacial score (nSPS) is 23.8. The molecule has 3 nitrogen and oxygen atoms in total. The van der Waals surface area contributed by atoms with E-state index in [1.54, 1.807) is 0 Å². The van der Waals surface area contributed by atoms with Gasteiger partial charge in [0.25, 0.3) is 0 Å². The van der Waals surface area contributed by atoms with Crippen molar-refractivity contribution in [3.05, 3.63) is 60.2 Å². The molecule has 1 N–H and O–H groups in total. The highest BCUT2D eigenvalue weighted by molar-refractivity contribution is 5.34. The number of hydrogen-bond acceptors (Lipinski definition) is 3. The lowest BCUT2D eigenvalue weighted by Gasteiger charge is -2.40. The molecule has 0 bridgehead atoms. The third kappa shape index (κ3) is 5.86. The summed E-state index contributed by atoms with van der Waals surface area (Å²) in [7, 11) is 0. The zero-order valence-electron chi connectivity index (χ0n) is 18.6. The van der Waals surface area contributed by atoms with Crippen molar-refractivity contribution in [1.29, 1.82) is 0 Å². The molecule has 2 aromatic carbocycles. The van der Waals surface area contributed by atoms with E-state index in [1.165, 1.54) is 76.4 Å². The Kier molecular flexibility index (Phi) is 7.82. The van der Waals surface area contributed by atoms with Crippen LogP contribution >= 0.6 is 0 Å². The summed E-state index contributed by atoms with van der Waals surface area (Å²) < 4.78 is 5.97. The molecule has 0 amide bonds. The highest BCUT2D eigenvalue weighted by Gasteiger charge is 2.27. The molecule has 4 rings (SSSR count). The number of benzene rings is 2. The van der Waals surface area contributed by atoms with Crippen LogP contribution in [0.4, 0.5) is 0 Å². The highest BCUT2D eigenvalue weighted by atomic mass is 16.5. The summed E-state index contributed by atoms with van der Waals surface area (Å²) in [4.78, 5) is 2.77. The first-order chi connectivity index (χ1) is 14.8. The predicted octanol–water partition coefficient (Wildman–Crippen LogP) is 6.71. The second kappa shape index (κ2) is 11.0. The summed E-state index contributed by atoms with van der Waals surface area (Å²) in [5.74, 6) is 1.79. The summed E-state index contributed by atoms with van der Waals surface area (Å²) in [6, 6.07) is 20.6. The summed E-state index contributed by atoms with van der Waals surface area (Å²) in [6.45, 7) is 4.95. The Bertz CT molecular complexity index is 731. The van der Waals surface area contributed by atoms with Crippen LogP contribution < -0.4 is 10.1 Å². The van der Waals surface area contributed by atoms with E-state index < -0.39 is 0 Å². The molecule has 2 fully saturated rings. The number of para-hydroxylation sites is 1. The third-order valence-electron chi connectivity index (χ3n) is 6.88. The van der Waals surface area contributed by atoms with Crippen molar-refractivity contribution in [1.82, 2.24) is 10.2 Å². The number of nitrogens with one attached hydrogen (secondary N) is 1. The highest BCUT2D eigenvalue weighted by Crippen LogP contribution is 2.30. The molecule has 30 heavy (non-hydrogen) atoms. The van der Waals surface area contributed by atoms with Gasteiger partial charge in [0.15, 0.2) is 0 Å². The van der Waals surface area contributed by atoms with Gasteiger partial charge in [0.05, 0.1) is 0 Å². The smallest absolute Gasteiger partial charge is 0.127 e. The van der Waals surface area contributed by atoms with Gasteiger partial charge in [0, 0.05) is 18.1 Å². The molecule has 162 valence electrons. The number of rotatable bonds is 8. The van der Waals surface area contributed by atoms with E-state index in [1.807, 2.05) is 30.3 Å². The first-order valence-corrected chi connectivity index (χ1v) is 12.1. The molecule has 2 aromatic rings. The average Bonchev–Trinajstić information content (AvgIpc) is 2.81. The van der Waals surface area contributed by atoms with Gasteiger partial charge in [-0.1, -0.05) is 50.1 Å². The van der Waals surface area contributed by atoms with E-state index in [0.29, 0.717) is 12.1 Å². The summed E-state index contributed by atoms with van der Waals surface area (Å²) >= 11 is 0. The first kappa shape index (κ1) is 21.4. The summed E-state index contributed by atoms with van der Waals surface area (Å²) in [5, 5.41) is 4.01. The zero-order chi connectivity index (χ0) is 20.6. The Hall–Kier alpha value is -1.84. The predicted molar refractivity (Wildman–Crippen MR) is 125 cm³/mol. The molecule has 1 saturated carbocycles. The van der Waals surface area contributed by atoms with Crippen molar-refractivity contribution in [3.8, 4) is 11.5 Å². The maximum atomic E-state index is 5.97. The molecule has 1 aliphatic carbocycles. The third-order valence-corrected chi connectivity index (χ3v) is 6.88. The van der Waals surface area contributed by atoms with Crippen molar-refractivity contribution in [2.24, 2.45) is 0 Å². The van der Waals surface area contributed by atoms with Crippen LogP contribution in [-0.4, -0.2) is 30.1 Å². The fourth-order valence-electron chi connectivity index (χ4n) is 5.20. The maximum absolute atomic E-state index is 5.97. The minimum absolute atomic E-state index is 0.442. The summed E-state index contributed by atoms with van der Waals surface area (Å²) in [5.41, 5.74) is 1.38. The van der Waals surface area contributed by atoms with Crippen LogP contribution in [0.25, 0.3) is 0 Å². The molecule has 1 aliphatic heterocycles. The van der Waals surface area contributed by atoms with Crippen molar-refractivity contribution in [2.75, 3.05) is 13.1 Å². The maximum Gasteiger partial charge on any atom is 0.127 e. The van der Waals surface area contributed by atoms with Gasteiger partial charge in [-0.3, -0.25) is 0 Å². The molecule has 1 heterocycles. The van der Waals surface area contributed by atoms with Crippen LogP contribution in [0.15, 0.2) is 54.6 Å². The van der Waals surface area contributed by atoms with Crippen LogP contribution in [0.3, 0.4) is 0 Å². The van der Waals surface area contributed by atoms with E-state index in [9.17, 15) is 0 Å². The quantitative estimate of drug-likeness (QED) is 0.527. The fourth-order valence-corrected chi connectivity index (χ4v) is 5.20. The molecule has 0 radical (unpaired) electrons. The first-order valence-electron chi connectivity index (χ1n) is 12.1. The Morgan fingerprint density at radius 1 is 0.867 bits per heavy atom. The number of ether oxygens (including phenoxy) is 1. The van der Waals surface area contributed by atoms with Gasteiger partial charge in [0.2, 0.25) is 0 Å². The number of piperidine rings is 1. The monoisotopic (exact) mass is 406 g/mol. The number of hydrogen-bond donors (Lipinski definition) is 1. The molecule has 1 saturated heterocycles. The van der Waals surface area contributed by atoms with Gasteiger partial charge >= 0.3 is 0 Å². The Labute approximate surface area is 182 Å². The average molecular weight is 407 g/mol. The van der Waals surface area contributed by atoms with E-state index in [4.69, 9.17) is 4.74 Å². The van der Waals surface area contributed by atoms with E-state index in [-0.39, 0.29) is 0 Å².